The van der Waals surface area contributed by atoms with Crippen LogP contribution in [-0.2, 0) is 4.74 Å². The lowest BCUT2D eigenvalue weighted by Gasteiger charge is -2.06. The number of phenols is 1. The standard InChI is InChI=1S/C10H15NO2/c1-2-13-7-6-11-9-4-3-5-10(12)8-9/h3-5,8,11-12H,2,6-7H2,1H3. The van der Waals surface area contributed by atoms with E-state index in [2.05, 4.69) is 5.32 Å². The molecule has 0 aromatic heterocycles. The Morgan fingerprint density at radius 3 is 3.00 bits per heavy atom. The fourth-order valence-corrected chi connectivity index (χ4v) is 1.03. The Hall–Kier alpha value is -1.22. The number of nitrogens with one attached hydrogen (secondary N) is 1. The van der Waals surface area contributed by atoms with Gasteiger partial charge in [-0.3, -0.25) is 0 Å². The van der Waals surface area contributed by atoms with E-state index < -0.39 is 0 Å². The maximum absolute atomic E-state index is 9.14. The topological polar surface area (TPSA) is 41.5 Å². The van der Waals surface area contributed by atoms with Crippen molar-refractivity contribution < 1.29 is 9.84 Å². The van der Waals surface area contributed by atoms with E-state index in [-0.39, 0.29) is 5.75 Å². The van der Waals surface area contributed by atoms with Crippen LogP contribution in [0.5, 0.6) is 5.75 Å². The van der Waals surface area contributed by atoms with Gasteiger partial charge in [0.05, 0.1) is 6.61 Å². The third-order valence-electron chi connectivity index (χ3n) is 1.63. The van der Waals surface area contributed by atoms with Crippen molar-refractivity contribution in [2.45, 2.75) is 6.92 Å². The number of benzene rings is 1. The molecular formula is C10H15NO2. The van der Waals surface area contributed by atoms with Crippen molar-refractivity contribution in [2.75, 3.05) is 25.1 Å². The lowest BCUT2D eigenvalue weighted by molar-refractivity contribution is 0.158. The van der Waals surface area contributed by atoms with Crippen LogP contribution < -0.4 is 5.32 Å². The lowest BCUT2D eigenvalue weighted by Crippen LogP contribution is -2.08. The van der Waals surface area contributed by atoms with Gasteiger partial charge in [-0.1, -0.05) is 6.07 Å². The second-order valence-electron chi connectivity index (χ2n) is 2.67. The first-order valence-corrected chi connectivity index (χ1v) is 4.43. The predicted molar refractivity (Wildman–Crippen MR) is 53.1 cm³/mol. The summed E-state index contributed by atoms with van der Waals surface area (Å²) in [5.41, 5.74) is 0.916. The number of rotatable bonds is 5. The van der Waals surface area contributed by atoms with Gasteiger partial charge in [0.2, 0.25) is 0 Å². The van der Waals surface area contributed by atoms with Crippen molar-refractivity contribution in [3.63, 3.8) is 0 Å². The predicted octanol–water partition coefficient (Wildman–Crippen LogP) is 1.84. The molecule has 0 fully saturated rings. The smallest absolute Gasteiger partial charge is 0.117 e. The van der Waals surface area contributed by atoms with Gasteiger partial charge in [-0.15, -0.1) is 0 Å². The highest BCUT2D eigenvalue weighted by Crippen LogP contribution is 2.14. The number of anilines is 1. The Balaban J connectivity index is 2.28. The summed E-state index contributed by atoms with van der Waals surface area (Å²) in [6, 6.07) is 7.05. The molecule has 13 heavy (non-hydrogen) atoms. The van der Waals surface area contributed by atoms with Crippen LogP contribution in [0.15, 0.2) is 24.3 Å². The third-order valence-corrected chi connectivity index (χ3v) is 1.63. The largest absolute Gasteiger partial charge is 0.508 e. The molecule has 1 rings (SSSR count). The monoisotopic (exact) mass is 181 g/mol. The zero-order chi connectivity index (χ0) is 9.52. The molecule has 0 heterocycles. The molecular weight excluding hydrogens is 166 g/mol. The summed E-state index contributed by atoms with van der Waals surface area (Å²) in [6.07, 6.45) is 0. The molecule has 0 amide bonds. The number of hydrogen-bond donors (Lipinski definition) is 2. The Labute approximate surface area is 78.3 Å². The van der Waals surface area contributed by atoms with Crippen molar-refractivity contribution >= 4 is 5.69 Å². The van der Waals surface area contributed by atoms with Crippen molar-refractivity contribution in [1.29, 1.82) is 0 Å². The fraction of sp³-hybridized carbons (Fsp3) is 0.400. The average Bonchev–Trinajstić information content (AvgIpc) is 2.13. The average molecular weight is 181 g/mol. The van der Waals surface area contributed by atoms with Crippen LogP contribution >= 0.6 is 0 Å². The number of hydrogen-bond acceptors (Lipinski definition) is 3. The third kappa shape index (κ3) is 3.80. The molecule has 0 atom stereocenters. The summed E-state index contributed by atoms with van der Waals surface area (Å²) in [5.74, 6) is 0.279. The molecule has 0 aliphatic rings. The highest BCUT2D eigenvalue weighted by molar-refractivity contribution is 5.47. The zero-order valence-corrected chi connectivity index (χ0v) is 7.79. The Bertz CT molecular complexity index is 250. The van der Waals surface area contributed by atoms with Crippen LogP contribution in [0.3, 0.4) is 0 Å². The van der Waals surface area contributed by atoms with Crippen molar-refractivity contribution in [2.24, 2.45) is 0 Å². The van der Waals surface area contributed by atoms with E-state index >= 15 is 0 Å². The van der Waals surface area contributed by atoms with Gasteiger partial charge in [-0.25, -0.2) is 0 Å². The van der Waals surface area contributed by atoms with Crippen LogP contribution in [-0.4, -0.2) is 24.9 Å². The highest BCUT2D eigenvalue weighted by Gasteiger charge is 1.92. The zero-order valence-electron chi connectivity index (χ0n) is 7.79. The van der Waals surface area contributed by atoms with E-state index in [1.54, 1.807) is 18.2 Å². The van der Waals surface area contributed by atoms with Crippen LogP contribution in [0.25, 0.3) is 0 Å². The molecule has 0 aliphatic heterocycles. The second kappa shape index (κ2) is 5.43. The molecule has 3 heteroatoms. The maximum atomic E-state index is 9.14. The number of aromatic hydroxyl groups is 1. The van der Waals surface area contributed by atoms with E-state index in [9.17, 15) is 0 Å². The molecule has 2 N–H and O–H groups in total. The molecule has 72 valence electrons. The molecule has 0 saturated heterocycles. The lowest BCUT2D eigenvalue weighted by atomic mass is 10.3. The van der Waals surface area contributed by atoms with E-state index in [1.165, 1.54) is 0 Å². The van der Waals surface area contributed by atoms with Gasteiger partial charge in [-0.2, -0.15) is 0 Å². The molecule has 0 saturated carbocycles. The molecule has 0 radical (unpaired) electrons. The molecule has 1 aromatic rings. The van der Waals surface area contributed by atoms with Crippen molar-refractivity contribution in [1.82, 2.24) is 0 Å². The minimum absolute atomic E-state index is 0.279. The van der Waals surface area contributed by atoms with Crippen LogP contribution in [0.1, 0.15) is 6.92 Å². The first-order chi connectivity index (χ1) is 6.33. The highest BCUT2D eigenvalue weighted by atomic mass is 16.5. The Kier molecular flexibility index (Phi) is 4.12. The van der Waals surface area contributed by atoms with Crippen LogP contribution in [0.4, 0.5) is 5.69 Å². The molecule has 0 bridgehead atoms. The number of ether oxygens (including phenoxy) is 1. The van der Waals surface area contributed by atoms with Crippen molar-refractivity contribution in [3.05, 3.63) is 24.3 Å². The molecule has 0 spiro atoms. The van der Waals surface area contributed by atoms with Crippen molar-refractivity contribution in [3.8, 4) is 5.75 Å². The summed E-state index contributed by atoms with van der Waals surface area (Å²) >= 11 is 0. The van der Waals surface area contributed by atoms with Gasteiger partial charge in [0, 0.05) is 24.9 Å². The minimum Gasteiger partial charge on any atom is -0.508 e. The number of phenolic OH excluding ortho intramolecular Hbond substituents is 1. The van der Waals surface area contributed by atoms with Gasteiger partial charge >= 0.3 is 0 Å². The normalized spacial score (nSPS) is 9.92. The Morgan fingerprint density at radius 2 is 2.31 bits per heavy atom. The first kappa shape index (κ1) is 9.86. The summed E-state index contributed by atoms with van der Waals surface area (Å²) in [4.78, 5) is 0. The molecule has 0 unspecified atom stereocenters. The van der Waals surface area contributed by atoms with Gasteiger partial charge in [-0.05, 0) is 19.1 Å². The summed E-state index contributed by atoms with van der Waals surface area (Å²) < 4.78 is 5.16. The van der Waals surface area contributed by atoms with E-state index in [0.717, 1.165) is 18.8 Å². The molecule has 0 aliphatic carbocycles. The molecule has 1 aromatic carbocycles. The maximum Gasteiger partial charge on any atom is 0.117 e. The summed E-state index contributed by atoms with van der Waals surface area (Å²) in [7, 11) is 0. The van der Waals surface area contributed by atoms with Gasteiger partial charge in [0.25, 0.3) is 0 Å². The van der Waals surface area contributed by atoms with E-state index in [0.29, 0.717) is 6.61 Å². The quantitative estimate of drug-likeness (QED) is 0.681. The fourth-order valence-electron chi connectivity index (χ4n) is 1.03. The van der Waals surface area contributed by atoms with Gasteiger partial charge in [0.1, 0.15) is 5.75 Å². The van der Waals surface area contributed by atoms with E-state index in [1.807, 2.05) is 13.0 Å². The van der Waals surface area contributed by atoms with E-state index in [4.69, 9.17) is 9.84 Å². The van der Waals surface area contributed by atoms with Crippen LogP contribution in [0, 0.1) is 0 Å². The van der Waals surface area contributed by atoms with Gasteiger partial charge < -0.3 is 15.2 Å². The van der Waals surface area contributed by atoms with Gasteiger partial charge in [0.15, 0.2) is 0 Å². The SMILES string of the molecule is CCOCCNc1cccc(O)c1. The second-order valence-corrected chi connectivity index (χ2v) is 2.67. The summed E-state index contributed by atoms with van der Waals surface area (Å²) in [5, 5.41) is 12.3. The Morgan fingerprint density at radius 1 is 1.46 bits per heavy atom. The first-order valence-electron chi connectivity index (χ1n) is 4.43. The minimum atomic E-state index is 0.279. The molecule has 3 nitrogen and oxygen atoms in total. The summed E-state index contributed by atoms with van der Waals surface area (Å²) in [6.45, 7) is 4.15. The van der Waals surface area contributed by atoms with Crippen LogP contribution in [0.2, 0.25) is 0 Å².